The van der Waals surface area contributed by atoms with E-state index >= 15 is 0 Å². The summed E-state index contributed by atoms with van der Waals surface area (Å²) < 4.78 is 7.55. The topological polar surface area (TPSA) is 89.0 Å². The van der Waals surface area contributed by atoms with Crippen LogP contribution in [0.5, 0.6) is 0 Å². The highest BCUT2D eigenvalue weighted by atomic mass is 16.5. The Bertz CT molecular complexity index is 1830. The zero-order chi connectivity index (χ0) is 26.2. The third kappa shape index (κ3) is 4.28. The molecule has 0 bridgehead atoms. The molecule has 0 spiro atoms. The number of carbonyl (C=O) groups excluding carboxylic acids is 2. The predicted octanol–water partition coefficient (Wildman–Crippen LogP) is 6.46. The van der Waals surface area contributed by atoms with Crippen molar-refractivity contribution in [3.8, 4) is 11.4 Å². The highest BCUT2D eigenvalue weighted by molar-refractivity contribution is 6.10. The minimum Gasteiger partial charge on any atom is -0.452 e. The van der Waals surface area contributed by atoms with E-state index in [0.29, 0.717) is 11.3 Å². The molecular formula is C31H26N4O3. The van der Waals surface area contributed by atoms with Crippen molar-refractivity contribution in [3.05, 3.63) is 96.1 Å². The van der Waals surface area contributed by atoms with E-state index in [4.69, 9.17) is 4.74 Å². The van der Waals surface area contributed by atoms with E-state index in [2.05, 4.69) is 38.9 Å². The summed E-state index contributed by atoms with van der Waals surface area (Å²) in [5.41, 5.74) is 6.86. The molecule has 0 saturated carbocycles. The average molecular weight is 503 g/mol. The number of anilines is 1. The second-order valence-electron chi connectivity index (χ2n) is 9.30. The van der Waals surface area contributed by atoms with Crippen molar-refractivity contribution in [2.45, 2.75) is 20.4 Å². The molecule has 38 heavy (non-hydrogen) atoms. The zero-order valence-electron chi connectivity index (χ0n) is 21.1. The first-order chi connectivity index (χ1) is 18.5. The molecule has 2 aromatic heterocycles. The maximum absolute atomic E-state index is 12.7. The van der Waals surface area contributed by atoms with Gasteiger partial charge in [0.25, 0.3) is 5.91 Å². The van der Waals surface area contributed by atoms with Crippen LogP contribution in [0.1, 0.15) is 22.8 Å². The van der Waals surface area contributed by atoms with Crippen LogP contribution in [0.2, 0.25) is 0 Å². The number of para-hydroxylation sites is 1. The Morgan fingerprint density at radius 2 is 1.71 bits per heavy atom. The van der Waals surface area contributed by atoms with Crippen LogP contribution in [0.25, 0.3) is 44.2 Å². The monoisotopic (exact) mass is 502 g/mol. The van der Waals surface area contributed by atoms with Gasteiger partial charge in [0, 0.05) is 39.6 Å². The number of nitrogens with zero attached hydrogens (tertiary/aromatic N) is 2. The van der Waals surface area contributed by atoms with Gasteiger partial charge in [-0.3, -0.25) is 4.79 Å². The van der Waals surface area contributed by atoms with E-state index in [1.807, 2.05) is 61.5 Å². The number of hydrogen-bond donors (Lipinski definition) is 2. The summed E-state index contributed by atoms with van der Waals surface area (Å²) in [7, 11) is 0. The molecule has 0 radical (unpaired) electrons. The van der Waals surface area contributed by atoms with Crippen molar-refractivity contribution < 1.29 is 14.3 Å². The van der Waals surface area contributed by atoms with E-state index in [0.717, 1.165) is 50.8 Å². The highest BCUT2D eigenvalue weighted by Gasteiger charge is 2.14. The van der Waals surface area contributed by atoms with Crippen LogP contribution in [-0.2, 0) is 16.1 Å². The Hall–Kier alpha value is -4.91. The third-order valence-corrected chi connectivity index (χ3v) is 6.75. The van der Waals surface area contributed by atoms with Crippen LogP contribution in [0.15, 0.2) is 84.9 Å². The summed E-state index contributed by atoms with van der Waals surface area (Å²) in [6.07, 6.45) is 0. The molecule has 0 fully saturated rings. The van der Waals surface area contributed by atoms with Crippen molar-refractivity contribution in [2.24, 2.45) is 0 Å². The number of imidazole rings is 1. The number of aromatic amines is 1. The van der Waals surface area contributed by atoms with E-state index in [9.17, 15) is 9.59 Å². The van der Waals surface area contributed by atoms with Gasteiger partial charge in [0.2, 0.25) is 0 Å². The van der Waals surface area contributed by atoms with Crippen LogP contribution in [-0.4, -0.2) is 33.0 Å². The van der Waals surface area contributed by atoms with Crippen molar-refractivity contribution in [3.63, 3.8) is 0 Å². The van der Waals surface area contributed by atoms with E-state index in [1.54, 1.807) is 18.2 Å². The SMILES string of the molecule is CCn1c2ccccc2c2cc(NC(=O)COC(=O)c3ccc4nc(-c5ccc(C)cc5)[nH]c4c3)ccc21. The number of carbonyl (C=O) groups is 2. The number of benzene rings is 4. The van der Waals surface area contributed by atoms with Gasteiger partial charge in [0.05, 0.1) is 16.6 Å². The number of ether oxygens (including phenoxy) is 1. The molecule has 0 saturated heterocycles. The summed E-state index contributed by atoms with van der Waals surface area (Å²) in [4.78, 5) is 33.1. The maximum Gasteiger partial charge on any atom is 0.338 e. The molecule has 0 aliphatic carbocycles. The van der Waals surface area contributed by atoms with Crippen LogP contribution >= 0.6 is 0 Å². The minimum absolute atomic E-state index is 0.346. The first kappa shape index (κ1) is 23.5. The molecule has 6 aromatic rings. The van der Waals surface area contributed by atoms with E-state index < -0.39 is 11.9 Å². The Morgan fingerprint density at radius 3 is 2.53 bits per heavy atom. The molecule has 0 aliphatic heterocycles. The molecule has 7 nitrogen and oxygen atoms in total. The van der Waals surface area contributed by atoms with Crippen molar-refractivity contribution in [2.75, 3.05) is 11.9 Å². The maximum atomic E-state index is 12.7. The Balaban J connectivity index is 1.14. The minimum atomic E-state index is -0.574. The number of fused-ring (bicyclic) bond motifs is 4. The summed E-state index contributed by atoms with van der Waals surface area (Å²) >= 11 is 0. The molecule has 1 amide bonds. The number of aromatic nitrogens is 3. The van der Waals surface area contributed by atoms with Gasteiger partial charge in [-0.2, -0.15) is 0 Å². The molecule has 0 unspecified atom stereocenters. The predicted molar refractivity (Wildman–Crippen MR) is 150 cm³/mol. The van der Waals surface area contributed by atoms with Gasteiger partial charge in [-0.15, -0.1) is 0 Å². The fraction of sp³-hybridized carbons (Fsp3) is 0.129. The van der Waals surface area contributed by atoms with Crippen molar-refractivity contribution in [1.82, 2.24) is 14.5 Å². The van der Waals surface area contributed by atoms with Crippen LogP contribution in [0, 0.1) is 6.92 Å². The Morgan fingerprint density at radius 1 is 0.921 bits per heavy atom. The van der Waals surface area contributed by atoms with Crippen LogP contribution in [0.4, 0.5) is 5.69 Å². The van der Waals surface area contributed by atoms with E-state index in [1.165, 1.54) is 5.56 Å². The summed E-state index contributed by atoms with van der Waals surface area (Å²) in [5, 5.41) is 5.04. The van der Waals surface area contributed by atoms with Crippen molar-refractivity contribution >= 4 is 50.4 Å². The first-order valence-corrected chi connectivity index (χ1v) is 12.5. The molecule has 7 heteroatoms. The molecule has 2 heterocycles. The largest absolute Gasteiger partial charge is 0.452 e. The van der Waals surface area contributed by atoms with Crippen molar-refractivity contribution in [1.29, 1.82) is 0 Å². The van der Waals surface area contributed by atoms with Crippen LogP contribution < -0.4 is 5.32 Å². The lowest BCUT2D eigenvalue weighted by Crippen LogP contribution is -2.20. The van der Waals surface area contributed by atoms with Gasteiger partial charge >= 0.3 is 5.97 Å². The number of aryl methyl sites for hydroxylation is 2. The van der Waals surface area contributed by atoms with Gasteiger partial charge in [-0.1, -0.05) is 48.0 Å². The van der Waals surface area contributed by atoms with Crippen LogP contribution in [0.3, 0.4) is 0 Å². The van der Waals surface area contributed by atoms with Gasteiger partial charge in [-0.25, -0.2) is 9.78 Å². The molecule has 0 aliphatic rings. The lowest BCUT2D eigenvalue weighted by atomic mass is 10.1. The molecule has 4 aromatic carbocycles. The van der Waals surface area contributed by atoms with E-state index in [-0.39, 0.29) is 6.61 Å². The normalized spacial score (nSPS) is 11.3. The summed E-state index contributed by atoms with van der Waals surface area (Å²) in [6.45, 7) is 4.61. The fourth-order valence-electron chi connectivity index (χ4n) is 4.87. The van der Waals surface area contributed by atoms with Gasteiger partial charge in [0.15, 0.2) is 6.61 Å². The molecule has 188 valence electrons. The molecular weight excluding hydrogens is 476 g/mol. The highest BCUT2D eigenvalue weighted by Crippen LogP contribution is 2.31. The second kappa shape index (κ2) is 9.52. The standard InChI is InChI=1S/C31H26N4O3/c1-3-35-27-7-5-4-6-23(27)24-17-22(13-15-28(24)35)32-29(36)18-38-31(37)21-12-14-25-26(16-21)34-30(33-25)20-10-8-19(2)9-11-20/h4-17H,3,18H2,1-2H3,(H,32,36)(H,33,34). The van der Waals surface area contributed by atoms with Gasteiger partial charge in [-0.05, 0) is 56.3 Å². The zero-order valence-corrected chi connectivity index (χ0v) is 21.1. The quantitative estimate of drug-likeness (QED) is 0.256. The summed E-state index contributed by atoms with van der Waals surface area (Å²) in [5.74, 6) is -0.250. The first-order valence-electron chi connectivity index (χ1n) is 12.5. The lowest BCUT2D eigenvalue weighted by molar-refractivity contribution is -0.119. The molecule has 6 rings (SSSR count). The smallest absolute Gasteiger partial charge is 0.338 e. The van der Waals surface area contributed by atoms with Gasteiger partial charge in [0.1, 0.15) is 5.82 Å². The fourth-order valence-corrected chi connectivity index (χ4v) is 4.87. The second-order valence-corrected chi connectivity index (χ2v) is 9.30. The van der Waals surface area contributed by atoms with Gasteiger partial charge < -0.3 is 19.6 Å². The Labute approximate surface area is 219 Å². The molecule has 0 atom stereocenters. The number of esters is 1. The average Bonchev–Trinajstić information content (AvgIpc) is 3.50. The lowest BCUT2D eigenvalue weighted by Gasteiger charge is -2.08. The molecule has 2 N–H and O–H groups in total. The third-order valence-electron chi connectivity index (χ3n) is 6.75. The number of rotatable bonds is 6. The summed E-state index contributed by atoms with van der Waals surface area (Å²) in [6, 6.07) is 27.2. The Kier molecular flexibility index (Phi) is 5.88. The number of nitrogens with one attached hydrogen (secondary N) is 2. The number of hydrogen-bond acceptors (Lipinski definition) is 4. The number of H-pyrrole nitrogens is 1. The number of amides is 1.